The molecule has 0 atom stereocenters. The normalized spacial score (nSPS) is 15.1. The first-order valence-corrected chi connectivity index (χ1v) is 6.98. The number of carbonyl (C=O) groups is 1. The third-order valence-electron chi connectivity index (χ3n) is 2.83. The summed E-state index contributed by atoms with van der Waals surface area (Å²) in [5.74, 6) is 2.51. The predicted octanol–water partition coefficient (Wildman–Crippen LogP) is 3.52. The summed E-state index contributed by atoms with van der Waals surface area (Å²) in [6.45, 7) is 4.24. The van der Waals surface area contributed by atoms with Crippen molar-refractivity contribution < 1.29 is 4.79 Å². The van der Waals surface area contributed by atoms with Gasteiger partial charge in [-0.2, -0.15) is 0 Å². The molecular formula is C14H18OS. The molecule has 0 spiro atoms. The van der Waals surface area contributed by atoms with Gasteiger partial charge in [0.1, 0.15) is 5.78 Å². The summed E-state index contributed by atoms with van der Waals surface area (Å²) in [6.07, 6.45) is 2.26. The van der Waals surface area contributed by atoms with Gasteiger partial charge in [0.2, 0.25) is 0 Å². The summed E-state index contributed by atoms with van der Waals surface area (Å²) < 4.78 is 0. The van der Waals surface area contributed by atoms with E-state index in [1.54, 1.807) is 11.8 Å². The van der Waals surface area contributed by atoms with Crippen LogP contribution in [0.15, 0.2) is 18.2 Å². The maximum atomic E-state index is 11.5. The van der Waals surface area contributed by atoms with Crippen LogP contribution in [0.2, 0.25) is 0 Å². The lowest BCUT2D eigenvalue weighted by molar-refractivity contribution is -0.117. The Hall–Kier alpha value is -0.760. The molecular weight excluding hydrogens is 216 g/mol. The summed E-state index contributed by atoms with van der Waals surface area (Å²) in [6, 6.07) is 6.60. The lowest BCUT2D eigenvalue weighted by Gasteiger charge is -2.04. The van der Waals surface area contributed by atoms with Crippen LogP contribution < -0.4 is 0 Å². The maximum Gasteiger partial charge on any atom is 0.145 e. The van der Waals surface area contributed by atoms with Gasteiger partial charge in [-0.1, -0.05) is 29.3 Å². The fourth-order valence-corrected chi connectivity index (χ4v) is 2.89. The molecule has 86 valence electrons. The number of rotatable bonds is 5. The van der Waals surface area contributed by atoms with Crippen molar-refractivity contribution in [2.45, 2.75) is 32.4 Å². The van der Waals surface area contributed by atoms with E-state index in [4.69, 9.17) is 0 Å². The Morgan fingerprint density at radius 3 is 2.44 bits per heavy atom. The molecule has 0 radical (unpaired) electrons. The molecule has 2 rings (SSSR count). The zero-order valence-electron chi connectivity index (χ0n) is 9.95. The molecule has 1 aromatic rings. The van der Waals surface area contributed by atoms with Gasteiger partial charge < -0.3 is 0 Å². The first-order chi connectivity index (χ1) is 7.65. The first-order valence-electron chi connectivity index (χ1n) is 5.83. The Balaban J connectivity index is 1.82. The summed E-state index contributed by atoms with van der Waals surface area (Å²) in [5, 5.41) is 0. The Morgan fingerprint density at radius 1 is 1.25 bits per heavy atom. The molecule has 1 saturated carbocycles. The first kappa shape index (κ1) is 11.7. The van der Waals surface area contributed by atoms with Gasteiger partial charge in [-0.15, -0.1) is 11.8 Å². The molecule has 0 heterocycles. The highest BCUT2D eigenvalue weighted by Gasteiger charge is 2.28. The molecule has 0 N–H and O–H groups in total. The highest BCUT2D eigenvalue weighted by molar-refractivity contribution is 7.99. The van der Waals surface area contributed by atoms with E-state index < -0.39 is 0 Å². The van der Waals surface area contributed by atoms with E-state index in [2.05, 4.69) is 32.0 Å². The van der Waals surface area contributed by atoms with Gasteiger partial charge >= 0.3 is 0 Å². The largest absolute Gasteiger partial charge is 0.298 e. The van der Waals surface area contributed by atoms with E-state index >= 15 is 0 Å². The predicted molar refractivity (Wildman–Crippen MR) is 69.8 cm³/mol. The molecule has 0 amide bonds. The number of Topliss-reactive ketones (excluding diaryl/α,β-unsaturated/α-hetero) is 1. The molecule has 2 heteroatoms. The van der Waals surface area contributed by atoms with Crippen LogP contribution in [0.1, 0.15) is 29.5 Å². The fraction of sp³-hybridized carbons (Fsp3) is 0.500. The van der Waals surface area contributed by atoms with E-state index in [1.807, 2.05) is 0 Å². The average molecular weight is 234 g/mol. The van der Waals surface area contributed by atoms with Crippen molar-refractivity contribution in [3.05, 3.63) is 34.9 Å². The standard InChI is InChI=1S/C14H18OS/c1-10-5-11(2)7-12(6-10)8-16-9-14(15)13-3-4-13/h5-7,13H,3-4,8-9H2,1-2H3. The number of benzene rings is 1. The molecule has 1 aliphatic rings. The minimum atomic E-state index is 0.409. The third kappa shape index (κ3) is 3.38. The van der Waals surface area contributed by atoms with Crippen LogP contribution in [0.3, 0.4) is 0 Å². The van der Waals surface area contributed by atoms with Gasteiger partial charge in [0, 0.05) is 11.7 Å². The summed E-state index contributed by atoms with van der Waals surface area (Å²) >= 11 is 1.75. The second-order valence-electron chi connectivity index (χ2n) is 4.73. The molecule has 16 heavy (non-hydrogen) atoms. The molecule has 0 saturated heterocycles. The number of aryl methyl sites for hydroxylation is 2. The molecule has 0 aromatic heterocycles. The SMILES string of the molecule is Cc1cc(C)cc(CSCC(=O)C2CC2)c1. The molecule has 1 aromatic carbocycles. The second kappa shape index (κ2) is 5.05. The van der Waals surface area contributed by atoms with Crippen LogP contribution in [0.5, 0.6) is 0 Å². The molecule has 1 aliphatic carbocycles. The number of carbonyl (C=O) groups excluding carboxylic acids is 1. The molecule has 1 fully saturated rings. The van der Waals surface area contributed by atoms with Crippen molar-refractivity contribution in [1.29, 1.82) is 0 Å². The quantitative estimate of drug-likeness (QED) is 0.775. The van der Waals surface area contributed by atoms with Crippen LogP contribution in [0, 0.1) is 19.8 Å². The average Bonchev–Trinajstić information content (AvgIpc) is 2.98. The van der Waals surface area contributed by atoms with E-state index in [-0.39, 0.29) is 0 Å². The number of thioether (sulfide) groups is 1. The minimum Gasteiger partial charge on any atom is -0.298 e. The Kier molecular flexibility index (Phi) is 3.70. The third-order valence-corrected chi connectivity index (χ3v) is 3.85. The van der Waals surface area contributed by atoms with Crippen LogP contribution in [0.4, 0.5) is 0 Å². The summed E-state index contributed by atoms with van der Waals surface area (Å²) in [4.78, 5) is 11.5. The van der Waals surface area contributed by atoms with E-state index in [0.717, 1.165) is 18.6 Å². The Morgan fingerprint density at radius 2 is 1.88 bits per heavy atom. The lowest BCUT2D eigenvalue weighted by atomic mass is 10.1. The van der Waals surface area contributed by atoms with Gasteiger partial charge in [0.15, 0.2) is 0 Å². The molecule has 1 nitrogen and oxygen atoms in total. The highest BCUT2D eigenvalue weighted by atomic mass is 32.2. The topological polar surface area (TPSA) is 17.1 Å². The van der Waals surface area contributed by atoms with E-state index in [1.165, 1.54) is 16.7 Å². The van der Waals surface area contributed by atoms with Crippen molar-refractivity contribution in [2.24, 2.45) is 5.92 Å². The molecule has 0 aliphatic heterocycles. The van der Waals surface area contributed by atoms with Gasteiger partial charge in [0.25, 0.3) is 0 Å². The smallest absolute Gasteiger partial charge is 0.145 e. The summed E-state index contributed by atoms with van der Waals surface area (Å²) in [5.41, 5.74) is 3.96. The number of ketones is 1. The molecule has 0 unspecified atom stereocenters. The zero-order valence-corrected chi connectivity index (χ0v) is 10.8. The number of hydrogen-bond donors (Lipinski definition) is 0. The van der Waals surface area contributed by atoms with Crippen LogP contribution >= 0.6 is 11.8 Å². The zero-order chi connectivity index (χ0) is 11.5. The van der Waals surface area contributed by atoms with E-state index in [0.29, 0.717) is 17.5 Å². The Bertz CT molecular complexity index is 373. The van der Waals surface area contributed by atoms with Crippen LogP contribution in [-0.2, 0) is 10.5 Å². The van der Waals surface area contributed by atoms with Gasteiger partial charge in [-0.3, -0.25) is 4.79 Å². The second-order valence-corrected chi connectivity index (χ2v) is 5.71. The van der Waals surface area contributed by atoms with Crippen molar-refractivity contribution in [3.8, 4) is 0 Å². The maximum absolute atomic E-state index is 11.5. The van der Waals surface area contributed by atoms with Crippen LogP contribution in [-0.4, -0.2) is 11.5 Å². The van der Waals surface area contributed by atoms with Crippen molar-refractivity contribution >= 4 is 17.5 Å². The van der Waals surface area contributed by atoms with Crippen molar-refractivity contribution in [2.75, 3.05) is 5.75 Å². The number of hydrogen-bond acceptors (Lipinski definition) is 2. The molecule has 0 bridgehead atoms. The lowest BCUT2D eigenvalue weighted by Crippen LogP contribution is -2.03. The summed E-state index contributed by atoms with van der Waals surface area (Å²) in [7, 11) is 0. The monoisotopic (exact) mass is 234 g/mol. The minimum absolute atomic E-state index is 0.409. The van der Waals surface area contributed by atoms with Gasteiger partial charge in [-0.05, 0) is 32.3 Å². The van der Waals surface area contributed by atoms with Crippen molar-refractivity contribution in [1.82, 2.24) is 0 Å². The fourth-order valence-electron chi connectivity index (χ4n) is 1.94. The highest BCUT2D eigenvalue weighted by Crippen LogP contribution is 2.31. The van der Waals surface area contributed by atoms with Crippen LogP contribution in [0.25, 0.3) is 0 Å². The van der Waals surface area contributed by atoms with Gasteiger partial charge in [-0.25, -0.2) is 0 Å². The Labute approximate surface area is 102 Å². The van der Waals surface area contributed by atoms with E-state index in [9.17, 15) is 4.79 Å². The van der Waals surface area contributed by atoms with Crippen molar-refractivity contribution in [3.63, 3.8) is 0 Å². The van der Waals surface area contributed by atoms with Gasteiger partial charge in [0.05, 0.1) is 5.75 Å².